The number of rotatable bonds is 0. The largest absolute Gasteiger partial charge is 0.295 e. The van der Waals surface area contributed by atoms with Gasteiger partial charge in [-0.3, -0.25) is 4.79 Å². The Labute approximate surface area is 91.9 Å². The lowest BCUT2D eigenvalue weighted by atomic mass is 9.74. The van der Waals surface area contributed by atoms with E-state index in [0.717, 1.165) is 24.7 Å². The molecule has 0 aliphatic heterocycles. The van der Waals surface area contributed by atoms with E-state index >= 15 is 0 Å². The molecule has 2 atom stereocenters. The molecule has 0 aromatic carbocycles. The standard InChI is InChI=1S/C14H20O/c15-14-9-8-10-4-1-2-5-11(10)12-6-3-7-13(12)14/h10-11H,1-9H2. The zero-order chi connectivity index (χ0) is 10.3. The van der Waals surface area contributed by atoms with Gasteiger partial charge in [0.25, 0.3) is 0 Å². The van der Waals surface area contributed by atoms with Crippen LogP contribution in [0.25, 0.3) is 0 Å². The van der Waals surface area contributed by atoms with Crippen molar-refractivity contribution in [2.45, 2.75) is 57.8 Å². The maximum Gasteiger partial charge on any atom is 0.158 e. The van der Waals surface area contributed by atoms with Crippen LogP contribution in [0.4, 0.5) is 0 Å². The van der Waals surface area contributed by atoms with Crippen molar-refractivity contribution in [3.05, 3.63) is 11.1 Å². The maximum absolute atomic E-state index is 12.0. The second kappa shape index (κ2) is 3.77. The molecule has 1 heteroatoms. The van der Waals surface area contributed by atoms with Gasteiger partial charge in [-0.2, -0.15) is 0 Å². The molecular weight excluding hydrogens is 184 g/mol. The molecule has 1 saturated carbocycles. The summed E-state index contributed by atoms with van der Waals surface area (Å²) in [5.74, 6) is 2.16. The van der Waals surface area contributed by atoms with E-state index in [0.29, 0.717) is 5.78 Å². The number of ketones is 1. The number of hydrogen-bond donors (Lipinski definition) is 0. The van der Waals surface area contributed by atoms with Crippen LogP contribution in [-0.2, 0) is 4.79 Å². The van der Waals surface area contributed by atoms with Gasteiger partial charge in [-0.05, 0) is 55.9 Å². The molecule has 0 N–H and O–H groups in total. The molecule has 0 aromatic heterocycles. The number of allylic oxidation sites excluding steroid dienone is 2. The first-order valence-electron chi connectivity index (χ1n) is 6.61. The summed E-state index contributed by atoms with van der Waals surface area (Å²) in [4.78, 5) is 12.0. The van der Waals surface area contributed by atoms with Crippen molar-refractivity contribution >= 4 is 5.78 Å². The fourth-order valence-corrected chi connectivity index (χ4v) is 3.97. The smallest absolute Gasteiger partial charge is 0.158 e. The van der Waals surface area contributed by atoms with Crippen LogP contribution in [0.15, 0.2) is 11.1 Å². The van der Waals surface area contributed by atoms with Crippen LogP contribution in [0.1, 0.15) is 57.8 Å². The summed E-state index contributed by atoms with van der Waals surface area (Å²) in [5, 5.41) is 0. The highest BCUT2D eigenvalue weighted by atomic mass is 16.1. The first kappa shape index (κ1) is 9.62. The van der Waals surface area contributed by atoms with Gasteiger partial charge in [-0.25, -0.2) is 0 Å². The van der Waals surface area contributed by atoms with Crippen LogP contribution in [0.5, 0.6) is 0 Å². The van der Waals surface area contributed by atoms with E-state index in [4.69, 9.17) is 0 Å². The van der Waals surface area contributed by atoms with Crippen LogP contribution in [0.2, 0.25) is 0 Å². The van der Waals surface area contributed by atoms with Crippen molar-refractivity contribution in [2.75, 3.05) is 0 Å². The lowest BCUT2D eigenvalue weighted by Gasteiger charge is -2.31. The average molecular weight is 204 g/mol. The molecule has 3 aliphatic carbocycles. The molecule has 0 aromatic rings. The molecule has 0 heterocycles. The van der Waals surface area contributed by atoms with Gasteiger partial charge in [-0.1, -0.05) is 18.4 Å². The van der Waals surface area contributed by atoms with Gasteiger partial charge in [-0.15, -0.1) is 0 Å². The Morgan fingerprint density at radius 3 is 2.67 bits per heavy atom. The van der Waals surface area contributed by atoms with E-state index < -0.39 is 0 Å². The molecular formula is C14H20O. The van der Waals surface area contributed by atoms with Crippen molar-refractivity contribution in [1.82, 2.24) is 0 Å². The summed E-state index contributed by atoms with van der Waals surface area (Å²) in [7, 11) is 0. The summed E-state index contributed by atoms with van der Waals surface area (Å²) in [6, 6.07) is 0. The first-order chi connectivity index (χ1) is 7.36. The SMILES string of the molecule is O=C1CCC2CCCCC2C2=C1CCC2. The Morgan fingerprint density at radius 2 is 1.73 bits per heavy atom. The van der Waals surface area contributed by atoms with E-state index in [1.54, 1.807) is 5.57 Å². The van der Waals surface area contributed by atoms with Gasteiger partial charge in [0.15, 0.2) is 5.78 Å². The molecule has 3 rings (SSSR count). The van der Waals surface area contributed by atoms with E-state index in [-0.39, 0.29) is 0 Å². The van der Waals surface area contributed by atoms with E-state index in [1.165, 1.54) is 50.5 Å². The molecule has 0 radical (unpaired) electrons. The minimum Gasteiger partial charge on any atom is -0.295 e. The first-order valence-corrected chi connectivity index (χ1v) is 6.61. The Balaban J connectivity index is 1.95. The molecule has 3 aliphatic rings. The Morgan fingerprint density at radius 1 is 0.867 bits per heavy atom. The molecule has 15 heavy (non-hydrogen) atoms. The van der Waals surface area contributed by atoms with Gasteiger partial charge in [0.05, 0.1) is 0 Å². The summed E-state index contributed by atoms with van der Waals surface area (Å²) in [6.07, 6.45) is 11.2. The number of carbonyl (C=O) groups is 1. The second-order valence-electron chi connectivity index (χ2n) is 5.47. The van der Waals surface area contributed by atoms with Gasteiger partial charge in [0.2, 0.25) is 0 Å². The molecule has 0 spiro atoms. The zero-order valence-corrected chi connectivity index (χ0v) is 9.43. The fraction of sp³-hybridized carbons (Fsp3) is 0.786. The van der Waals surface area contributed by atoms with Gasteiger partial charge >= 0.3 is 0 Å². The summed E-state index contributed by atoms with van der Waals surface area (Å²) in [6.45, 7) is 0. The summed E-state index contributed by atoms with van der Waals surface area (Å²) in [5.41, 5.74) is 2.87. The van der Waals surface area contributed by atoms with Crippen LogP contribution in [-0.4, -0.2) is 5.78 Å². The minimum atomic E-state index is 0.497. The number of Topliss-reactive ketones (excluding diaryl/α,β-unsaturated/α-hetero) is 1. The van der Waals surface area contributed by atoms with Crippen LogP contribution in [0.3, 0.4) is 0 Å². The van der Waals surface area contributed by atoms with E-state index in [1.807, 2.05) is 0 Å². The Bertz CT molecular complexity index is 313. The fourth-order valence-electron chi connectivity index (χ4n) is 3.97. The van der Waals surface area contributed by atoms with Gasteiger partial charge in [0, 0.05) is 6.42 Å². The molecule has 1 nitrogen and oxygen atoms in total. The zero-order valence-electron chi connectivity index (χ0n) is 9.43. The van der Waals surface area contributed by atoms with Crippen LogP contribution >= 0.6 is 0 Å². The highest BCUT2D eigenvalue weighted by Gasteiger charge is 2.35. The molecule has 0 amide bonds. The molecule has 0 bridgehead atoms. The van der Waals surface area contributed by atoms with E-state index in [9.17, 15) is 4.79 Å². The quantitative estimate of drug-likeness (QED) is 0.589. The normalized spacial score (nSPS) is 36.1. The van der Waals surface area contributed by atoms with Gasteiger partial charge < -0.3 is 0 Å². The Kier molecular flexibility index (Phi) is 2.42. The van der Waals surface area contributed by atoms with Crippen molar-refractivity contribution < 1.29 is 4.79 Å². The van der Waals surface area contributed by atoms with E-state index in [2.05, 4.69) is 0 Å². The number of hydrogen-bond acceptors (Lipinski definition) is 1. The van der Waals surface area contributed by atoms with Crippen molar-refractivity contribution in [2.24, 2.45) is 11.8 Å². The van der Waals surface area contributed by atoms with Crippen molar-refractivity contribution in [1.29, 1.82) is 0 Å². The summed E-state index contributed by atoms with van der Waals surface area (Å²) >= 11 is 0. The maximum atomic E-state index is 12.0. The lowest BCUT2D eigenvalue weighted by Crippen LogP contribution is -2.20. The number of carbonyl (C=O) groups excluding carboxylic acids is 1. The second-order valence-corrected chi connectivity index (χ2v) is 5.47. The molecule has 82 valence electrons. The molecule has 0 saturated heterocycles. The predicted molar refractivity (Wildman–Crippen MR) is 60.6 cm³/mol. The topological polar surface area (TPSA) is 17.1 Å². The highest BCUT2D eigenvalue weighted by molar-refractivity contribution is 5.96. The predicted octanol–water partition coefficient (Wildman–Crippen LogP) is 3.64. The third-order valence-electron chi connectivity index (χ3n) is 4.70. The third kappa shape index (κ3) is 1.56. The van der Waals surface area contributed by atoms with Crippen LogP contribution < -0.4 is 0 Å². The molecule has 1 fully saturated rings. The third-order valence-corrected chi connectivity index (χ3v) is 4.70. The van der Waals surface area contributed by atoms with Crippen molar-refractivity contribution in [3.8, 4) is 0 Å². The Hall–Kier alpha value is -0.590. The highest BCUT2D eigenvalue weighted by Crippen LogP contribution is 2.46. The van der Waals surface area contributed by atoms with Crippen LogP contribution in [0, 0.1) is 11.8 Å². The van der Waals surface area contributed by atoms with Crippen molar-refractivity contribution in [3.63, 3.8) is 0 Å². The minimum absolute atomic E-state index is 0.497. The summed E-state index contributed by atoms with van der Waals surface area (Å²) < 4.78 is 0. The average Bonchev–Trinajstić information content (AvgIpc) is 2.71. The number of fused-ring (bicyclic) bond motifs is 2. The lowest BCUT2D eigenvalue weighted by molar-refractivity contribution is -0.115. The monoisotopic (exact) mass is 204 g/mol. The molecule has 2 unspecified atom stereocenters. The van der Waals surface area contributed by atoms with Gasteiger partial charge in [0.1, 0.15) is 0 Å².